The molecule has 1 aliphatic carbocycles. The Bertz CT molecular complexity index is 1160. The highest BCUT2D eigenvalue weighted by atomic mass is 16.2. The van der Waals surface area contributed by atoms with Crippen molar-refractivity contribution in [1.82, 2.24) is 20.9 Å². The number of rotatable bonds is 4. The van der Waals surface area contributed by atoms with Gasteiger partial charge in [-0.3, -0.25) is 19.8 Å². The lowest BCUT2D eigenvalue weighted by atomic mass is 10.0. The number of nitrogens with one attached hydrogen (secondary N) is 4. The van der Waals surface area contributed by atoms with E-state index in [-0.39, 0.29) is 41.9 Å². The molecule has 0 unspecified atom stereocenters. The molecule has 0 saturated heterocycles. The van der Waals surface area contributed by atoms with Gasteiger partial charge in [-0.15, -0.1) is 0 Å². The number of amidine groups is 1. The molecule has 6 N–H and O–H groups in total. The minimum absolute atomic E-state index is 0.0353. The second-order valence-corrected chi connectivity index (χ2v) is 10.1. The average Bonchev–Trinajstić information content (AvgIpc) is 3.72. The Morgan fingerprint density at radius 1 is 1.05 bits per heavy atom. The first-order valence-corrected chi connectivity index (χ1v) is 12.8. The Balaban J connectivity index is 1.58. The zero-order valence-corrected chi connectivity index (χ0v) is 21.4. The number of carbonyl (C=O) groups is 3. The summed E-state index contributed by atoms with van der Waals surface area (Å²) in [7, 11) is 1.64. The van der Waals surface area contributed by atoms with Gasteiger partial charge in [0.2, 0.25) is 17.7 Å². The van der Waals surface area contributed by atoms with E-state index in [1.807, 2.05) is 18.2 Å². The monoisotopic (exact) mass is 504 g/mol. The molecule has 9 heteroatoms. The van der Waals surface area contributed by atoms with Crippen LogP contribution in [0.3, 0.4) is 0 Å². The van der Waals surface area contributed by atoms with Crippen molar-refractivity contribution in [2.24, 2.45) is 11.7 Å². The van der Waals surface area contributed by atoms with Gasteiger partial charge >= 0.3 is 0 Å². The summed E-state index contributed by atoms with van der Waals surface area (Å²) >= 11 is 0. The number of likely N-dealkylation sites (N-methyl/N-ethyl adjacent to an activating group) is 1. The van der Waals surface area contributed by atoms with Gasteiger partial charge in [0, 0.05) is 32.1 Å². The van der Waals surface area contributed by atoms with Gasteiger partial charge in [-0.25, -0.2) is 0 Å². The van der Waals surface area contributed by atoms with E-state index in [1.54, 1.807) is 38.2 Å². The second-order valence-electron chi connectivity index (χ2n) is 10.1. The van der Waals surface area contributed by atoms with Gasteiger partial charge in [0.15, 0.2) is 0 Å². The molecule has 37 heavy (non-hydrogen) atoms. The summed E-state index contributed by atoms with van der Waals surface area (Å²) in [4.78, 5) is 41.3. The van der Waals surface area contributed by atoms with Crippen molar-refractivity contribution in [2.45, 2.75) is 57.3 Å². The number of fused-ring (bicyclic) bond motifs is 2. The number of hydrogen-bond acceptors (Lipinski definition) is 5. The smallest absolute Gasteiger partial charge is 0.243 e. The number of benzene rings is 2. The summed E-state index contributed by atoms with van der Waals surface area (Å²) in [6, 6.07) is 13.3. The molecule has 0 radical (unpaired) electrons. The summed E-state index contributed by atoms with van der Waals surface area (Å²) in [5, 5.41) is 16.8. The Morgan fingerprint density at radius 2 is 1.76 bits per heavy atom. The zero-order valence-electron chi connectivity index (χ0n) is 21.4. The van der Waals surface area contributed by atoms with Gasteiger partial charge in [0.05, 0.1) is 6.04 Å². The fourth-order valence-corrected chi connectivity index (χ4v) is 4.61. The molecule has 1 aliphatic heterocycles. The van der Waals surface area contributed by atoms with Crippen molar-refractivity contribution in [3.05, 3.63) is 70.8 Å². The molecule has 1 fully saturated rings. The average molecular weight is 505 g/mol. The van der Waals surface area contributed by atoms with E-state index >= 15 is 0 Å². The largest absolute Gasteiger partial charge is 0.384 e. The van der Waals surface area contributed by atoms with Crippen LogP contribution in [0.5, 0.6) is 0 Å². The molecule has 2 aromatic carbocycles. The SMILES string of the molecule is C[C@@H]1C(=O)N[C@H](Cc2ccc(C(=N)N)cc2)C(=O)NCCc2cccc(c2)CN[C@@H](C2CC2)C(=O)N1C. The third kappa shape index (κ3) is 6.74. The van der Waals surface area contributed by atoms with Crippen LogP contribution in [-0.4, -0.2) is 60.2 Å². The Labute approximate surface area is 217 Å². The number of nitrogens with two attached hydrogens (primary N) is 1. The predicted octanol–water partition coefficient (Wildman–Crippen LogP) is 1.09. The highest BCUT2D eigenvalue weighted by Gasteiger charge is 2.39. The molecule has 196 valence electrons. The van der Waals surface area contributed by atoms with Crippen LogP contribution in [0.1, 0.15) is 42.0 Å². The van der Waals surface area contributed by atoms with E-state index in [2.05, 4.69) is 22.0 Å². The molecule has 4 rings (SSSR count). The van der Waals surface area contributed by atoms with Gasteiger partial charge in [0.1, 0.15) is 17.9 Å². The van der Waals surface area contributed by atoms with Crippen molar-refractivity contribution in [1.29, 1.82) is 5.41 Å². The normalized spacial score (nSPS) is 23.8. The Hall–Kier alpha value is -3.72. The van der Waals surface area contributed by atoms with Crippen molar-refractivity contribution in [2.75, 3.05) is 13.6 Å². The molecule has 2 aliphatic rings. The van der Waals surface area contributed by atoms with Gasteiger partial charge in [-0.05, 0) is 48.8 Å². The third-order valence-electron chi connectivity index (χ3n) is 7.24. The molecule has 3 amide bonds. The summed E-state index contributed by atoms with van der Waals surface area (Å²) in [6.45, 7) is 2.68. The van der Waals surface area contributed by atoms with Gasteiger partial charge in [0.25, 0.3) is 0 Å². The molecular weight excluding hydrogens is 468 g/mol. The van der Waals surface area contributed by atoms with Crippen molar-refractivity contribution in [3.8, 4) is 0 Å². The van der Waals surface area contributed by atoms with Crippen molar-refractivity contribution >= 4 is 23.6 Å². The Morgan fingerprint density at radius 3 is 2.43 bits per heavy atom. The topological polar surface area (TPSA) is 140 Å². The maximum absolute atomic E-state index is 13.4. The molecule has 0 aromatic heterocycles. The lowest BCUT2D eigenvalue weighted by molar-refractivity contribution is -0.141. The van der Waals surface area contributed by atoms with Crippen LogP contribution in [0.4, 0.5) is 0 Å². The molecule has 2 aromatic rings. The lowest BCUT2D eigenvalue weighted by Gasteiger charge is -2.30. The molecule has 9 nitrogen and oxygen atoms in total. The fourth-order valence-electron chi connectivity index (χ4n) is 4.61. The van der Waals surface area contributed by atoms with Crippen LogP contribution in [0, 0.1) is 11.3 Å². The summed E-state index contributed by atoms with van der Waals surface area (Å²) in [5.41, 5.74) is 9.13. The molecule has 0 spiro atoms. The fraction of sp³-hybridized carbons (Fsp3) is 0.429. The number of carbonyl (C=O) groups excluding carboxylic acids is 3. The van der Waals surface area contributed by atoms with E-state index in [0.29, 0.717) is 25.1 Å². The third-order valence-corrected chi connectivity index (χ3v) is 7.24. The first kappa shape index (κ1) is 26.3. The van der Waals surface area contributed by atoms with Crippen LogP contribution < -0.4 is 21.7 Å². The van der Waals surface area contributed by atoms with E-state index in [1.165, 1.54) is 4.90 Å². The quantitative estimate of drug-likeness (QED) is 0.313. The van der Waals surface area contributed by atoms with Crippen LogP contribution in [0.2, 0.25) is 0 Å². The molecule has 1 saturated carbocycles. The van der Waals surface area contributed by atoms with Crippen LogP contribution in [0.25, 0.3) is 0 Å². The predicted molar refractivity (Wildman–Crippen MR) is 142 cm³/mol. The summed E-state index contributed by atoms with van der Waals surface area (Å²) in [5.74, 6) is -0.556. The van der Waals surface area contributed by atoms with Crippen LogP contribution >= 0.6 is 0 Å². The highest BCUT2D eigenvalue weighted by molar-refractivity contribution is 5.95. The summed E-state index contributed by atoms with van der Waals surface area (Å²) < 4.78 is 0. The maximum Gasteiger partial charge on any atom is 0.243 e. The van der Waals surface area contributed by atoms with Crippen LogP contribution in [0.15, 0.2) is 48.5 Å². The van der Waals surface area contributed by atoms with Gasteiger partial charge < -0.3 is 26.6 Å². The molecular formula is C28H36N6O3. The van der Waals surface area contributed by atoms with Gasteiger partial charge in [-0.2, -0.15) is 0 Å². The van der Waals surface area contributed by atoms with Crippen molar-refractivity contribution in [3.63, 3.8) is 0 Å². The minimum Gasteiger partial charge on any atom is -0.384 e. The van der Waals surface area contributed by atoms with Crippen LogP contribution in [-0.2, 0) is 33.8 Å². The standard InChI is InChI=1S/C28H36N6O3/c1-17-26(35)33-23(15-19-6-8-22(9-7-19)25(29)30)27(36)31-13-12-18-4-3-5-20(14-18)16-32-24(21-10-11-21)28(37)34(17)2/h3-9,14,17,21,23-24,32H,10-13,15-16H2,1-2H3,(H3,29,30)(H,31,36)(H,33,35)/t17-,23-,24+/m1/s1. The van der Waals surface area contributed by atoms with E-state index in [0.717, 1.165) is 29.5 Å². The first-order valence-electron chi connectivity index (χ1n) is 12.8. The molecule has 1 heterocycles. The van der Waals surface area contributed by atoms with E-state index in [9.17, 15) is 14.4 Å². The van der Waals surface area contributed by atoms with Gasteiger partial charge in [-0.1, -0.05) is 48.5 Å². The first-order chi connectivity index (χ1) is 17.7. The zero-order chi connectivity index (χ0) is 26.5. The number of amides is 3. The number of nitrogen functional groups attached to an aromatic ring is 1. The van der Waals surface area contributed by atoms with E-state index in [4.69, 9.17) is 11.1 Å². The Kier molecular flexibility index (Phi) is 8.23. The maximum atomic E-state index is 13.4. The minimum atomic E-state index is -0.821. The van der Waals surface area contributed by atoms with Crippen molar-refractivity contribution < 1.29 is 14.4 Å². The highest BCUT2D eigenvalue weighted by Crippen LogP contribution is 2.33. The molecule has 3 atom stereocenters. The molecule has 2 bridgehead atoms. The number of nitrogens with zero attached hydrogens (tertiary/aromatic N) is 1. The van der Waals surface area contributed by atoms with E-state index < -0.39 is 12.1 Å². The second kappa shape index (κ2) is 11.6. The lowest BCUT2D eigenvalue weighted by Crippen LogP contribution is -2.56. The summed E-state index contributed by atoms with van der Waals surface area (Å²) in [6.07, 6.45) is 2.89. The number of hydrogen-bond donors (Lipinski definition) is 5.